The first-order valence-corrected chi connectivity index (χ1v) is 15.8. The number of hydrogen-bond acceptors (Lipinski definition) is 7. The molecular formula is C36H42N6O4. The number of carbonyl (C=O) groups excluding carboxylic acids is 2. The molecule has 0 aliphatic carbocycles. The van der Waals surface area contributed by atoms with E-state index < -0.39 is 0 Å². The van der Waals surface area contributed by atoms with Crippen LogP contribution in [-0.2, 0) is 17.9 Å². The molecule has 0 saturated carbocycles. The quantitative estimate of drug-likeness (QED) is 0.116. The van der Waals surface area contributed by atoms with Gasteiger partial charge in [-0.05, 0) is 73.0 Å². The summed E-state index contributed by atoms with van der Waals surface area (Å²) in [6.45, 7) is 5.99. The zero-order valence-corrected chi connectivity index (χ0v) is 26.1. The molecule has 3 amide bonds. The van der Waals surface area contributed by atoms with Crippen molar-refractivity contribution in [2.75, 3.05) is 55.8 Å². The van der Waals surface area contributed by atoms with Crippen molar-refractivity contribution in [2.24, 2.45) is 0 Å². The molecule has 46 heavy (non-hydrogen) atoms. The minimum Gasteiger partial charge on any atom is -0.489 e. The zero-order valence-electron chi connectivity index (χ0n) is 26.1. The van der Waals surface area contributed by atoms with Gasteiger partial charge in [-0.25, -0.2) is 4.79 Å². The Morgan fingerprint density at radius 1 is 0.848 bits per heavy atom. The van der Waals surface area contributed by atoms with Gasteiger partial charge in [0.05, 0.1) is 24.6 Å². The summed E-state index contributed by atoms with van der Waals surface area (Å²) in [7, 11) is 0. The summed E-state index contributed by atoms with van der Waals surface area (Å²) in [4.78, 5) is 34.8. The minimum atomic E-state index is -0.351. The second-order valence-electron chi connectivity index (χ2n) is 11.3. The lowest BCUT2D eigenvalue weighted by Gasteiger charge is -2.27. The van der Waals surface area contributed by atoms with Crippen LogP contribution in [0.5, 0.6) is 5.75 Å². The van der Waals surface area contributed by atoms with Crippen LogP contribution < -0.4 is 21.1 Å². The van der Waals surface area contributed by atoms with Crippen LogP contribution in [-0.4, -0.2) is 66.1 Å². The number of unbranched alkanes of at least 4 members (excludes halogenated alkanes) is 2. The van der Waals surface area contributed by atoms with Crippen LogP contribution in [0.2, 0.25) is 0 Å². The van der Waals surface area contributed by atoms with Crippen LogP contribution in [0.1, 0.15) is 40.9 Å². The molecule has 3 aromatic carbocycles. The number of nitrogens with one attached hydrogen (secondary N) is 2. The fourth-order valence-corrected chi connectivity index (χ4v) is 5.14. The monoisotopic (exact) mass is 622 g/mol. The molecule has 0 atom stereocenters. The fourth-order valence-electron chi connectivity index (χ4n) is 5.14. The van der Waals surface area contributed by atoms with E-state index in [1.54, 1.807) is 41.4 Å². The van der Waals surface area contributed by atoms with Crippen molar-refractivity contribution in [2.45, 2.75) is 32.4 Å². The number of amides is 3. The number of para-hydroxylation sites is 2. The molecule has 0 spiro atoms. The van der Waals surface area contributed by atoms with Crippen molar-refractivity contribution < 1.29 is 19.1 Å². The highest BCUT2D eigenvalue weighted by atomic mass is 16.5. The smallest absolute Gasteiger partial charge is 0.322 e. The molecule has 0 bridgehead atoms. The highest BCUT2D eigenvalue weighted by Crippen LogP contribution is 2.20. The van der Waals surface area contributed by atoms with Gasteiger partial charge in [0.1, 0.15) is 18.1 Å². The molecule has 10 heteroatoms. The van der Waals surface area contributed by atoms with Crippen molar-refractivity contribution in [1.29, 1.82) is 0 Å². The van der Waals surface area contributed by atoms with Gasteiger partial charge in [-0.2, -0.15) is 0 Å². The Labute approximate surface area is 270 Å². The summed E-state index contributed by atoms with van der Waals surface area (Å²) < 4.78 is 11.3. The molecule has 1 fully saturated rings. The number of aromatic nitrogens is 1. The standard InChI is InChI=1S/C36H42N6O4/c37-32-11-5-6-12-33(32)40-35(43)34-18-13-29(25-38-34)26-42(20-8-2-7-19-41-21-23-45-24-22-41)36(44)39-30-14-16-31(17-15-30)46-27-28-9-3-1-4-10-28/h1,3-6,9-18,25H,2,7-8,19-24,26-27,37H2,(H,39,44)(H,40,43). The minimum absolute atomic E-state index is 0.201. The van der Waals surface area contributed by atoms with E-state index >= 15 is 0 Å². The summed E-state index contributed by atoms with van der Waals surface area (Å²) in [5.41, 5.74) is 9.83. The lowest BCUT2D eigenvalue weighted by atomic mass is 10.2. The maximum Gasteiger partial charge on any atom is 0.322 e. The Bertz CT molecular complexity index is 1530. The Morgan fingerprint density at radius 2 is 1.61 bits per heavy atom. The molecule has 240 valence electrons. The molecule has 5 rings (SSSR count). The number of pyridine rings is 1. The highest BCUT2D eigenvalue weighted by molar-refractivity contribution is 6.04. The van der Waals surface area contributed by atoms with Crippen molar-refractivity contribution in [3.05, 3.63) is 114 Å². The van der Waals surface area contributed by atoms with Gasteiger partial charge in [0.2, 0.25) is 0 Å². The van der Waals surface area contributed by atoms with E-state index in [1.165, 1.54) is 0 Å². The van der Waals surface area contributed by atoms with Crippen molar-refractivity contribution in [1.82, 2.24) is 14.8 Å². The lowest BCUT2D eigenvalue weighted by molar-refractivity contribution is 0.0371. The summed E-state index contributed by atoms with van der Waals surface area (Å²) in [5, 5.41) is 5.83. The first-order chi connectivity index (χ1) is 22.5. The first kappa shape index (κ1) is 32.5. The molecule has 1 aliphatic rings. The van der Waals surface area contributed by atoms with Gasteiger partial charge in [0, 0.05) is 38.1 Å². The van der Waals surface area contributed by atoms with E-state index in [0.29, 0.717) is 36.8 Å². The van der Waals surface area contributed by atoms with Gasteiger partial charge >= 0.3 is 6.03 Å². The number of hydrogen-bond donors (Lipinski definition) is 3. The van der Waals surface area contributed by atoms with Crippen LogP contribution >= 0.6 is 0 Å². The van der Waals surface area contributed by atoms with E-state index in [-0.39, 0.29) is 17.6 Å². The molecule has 1 aromatic heterocycles. The molecule has 4 aromatic rings. The van der Waals surface area contributed by atoms with Crippen LogP contribution in [0.3, 0.4) is 0 Å². The van der Waals surface area contributed by atoms with Crippen molar-refractivity contribution in [3.8, 4) is 5.75 Å². The Hall–Kier alpha value is -4.93. The maximum absolute atomic E-state index is 13.5. The molecule has 10 nitrogen and oxygen atoms in total. The lowest BCUT2D eigenvalue weighted by Crippen LogP contribution is -2.37. The van der Waals surface area contributed by atoms with Gasteiger partial charge in [-0.15, -0.1) is 0 Å². The van der Waals surface area contributed by atoms with E-state index in [9.17, 15) is 9.59 Å². The van der Waals surface area contributed by atoms with E-state index in [4.69, 9.17) is 15.2 Å². The van der Waals surface area contributed by atoms with Gasteiger partial charge in [0.25, 0.3) is 5.91 Å². The predicted molar refractivity (Wildman–Crippen MR) is 181 cm³/mol. The largest absolute Gasteiger partial charge is 0.489 e. The van der Waals surface area contributed by atoms with Crippen molar-refractivity contribution in [3.63, 3.8) is 0 Å². The topological polar surface area (TPSA) is 122 Å². The summed E-state index contributed by atoms with van der Waals surface area (Å²) >= 11 is 0. The highest BCUT2D eigenvalue weighted by Gasteiger charge is 2.16. The Balaban J connectivity index is 1.17. The summed E-state index contributed by atoms with van der Waals surface area (Å²) in [6, 6.07) is 27.7. The molecule has 0 unspecified atom stereocenters. The number of nitrogens with two attached hydrogens (primary N) is 1. The average Bonchev–Trinajstić information content (AvgIpc) is 3.09. The second kappa shape index (κ2) is 17.0. The van der Waals surface area contributed by atoms with E-state index in [1.807, 2.05) is 60.7 Å². The number of nitrogen functional groups attached to an aromatic ring is 1. The third kappa shape index (κ3) is 10.0. The molecule has 2 heterocycles. The van der Waals surface area contributed by atoms with Gasteiger partial charge in [0.15, 0.2) is 0 Å². The Morgan fingerprint density at radius 3 is 2.35 bits per heavy atom. The maximum atomic E-state index is 13.5. The molecule has 1 aliphatic heterocycles. The zero-order chi connectivity index (χ0) is 32.0. The molecule has 4 N–H and O–H groups in total. The second-order valence-corrected chi connectivity index (χ2v) is 11.3. The summed E-state index contributed by atoms with van der Waals surface area (Å²) in [6.07, 6.45) is 4.59. The van der Waals surface area contributed by atoms with E-state index in [2.05, 4.69) is 20.5 Å². The molecular weight excluding hydrogens is 580 g/mol. The molecule has 0 radical (unpaired) electrons. The number of carbonyl (C=O) groups is 2. The van der Waals surface area contributed by atoms with Gasteiger partial charge in [-0.1, -0.05) is 55.0 Å². The number of morpholine rings is 1. The fraction of sp³-hybridized carbons (Fsp3) is 0.306. The first-order valence-electron chi connectivity index (χ1n) is 15.8. The number of rotatable bonds is 14. The Kier molecular flexibility index (Phi) is 12.0. The third-order valence-corrected chi connectivity index (χ3v) is 7.79. The van der Waals surface area contributed by atoms with E-state index in [0.717, 1.165) is 69.0 Å². The number of nitrogens with zero attached hydrogens (tertiary/aromatic N) is 3. The van der Waals surface area contributed by atoms with Gasteiger partial charge in [-0.3, -0.25) is 14.7 Å². The van der Waals surface area contributed by atoms with Gasteiger partial charge < -0.3 is 30.7 Å². The van der Waals surface area contributed by atoms with Crippen LogP contribution in [0, 0.1) is 0 Å². The molecule has 1 saturated heterocycles. The number of anilines is 3. The summed E-state index contributed by atoms with van der Waals surface area (Å²) in [5.74, 6) is 0.375. The van der Waals surface area contributed by atoms with Crippen LogP contribution in [0.25, 0.3) is 0 Å². The predicted octanol–water partition coefficient (Wildman–Crippen LogP) is 6.03. The SMILES string of the molecule is Nc1ccccc1NC(=O)c1ccc(CN(CCCCCN2CCOCC2)C(=O)Nc2ccc(OCc3ccccc3)cc2)cn1. The third-order valence-electron chi connectivity index (χ3n) is 7.79. The van der Waals surface area contributed by atoms with Crippen LogP contribution in [0.4, 0.5) is 21.9 Å². The number of urea groups is 1. The van der Waals surface area contributed by atoms with Crippen molar-refractivity contribution >= 4 is 29.0 Å². The number of benzene rings is 3. The van der Waals surface area contributed by atoms with Crippen LogP contribution in [0.15, 0.2) is 97.2 Å². The average molecular weight is 623 g/mol. The normalized spacial score (nSPS) is 13.1. The number of ether oxygens (including phenoxy) is 2.